The van der Waals surface area contributed by atoms with Crippen LogP contribution < -0.4 is 32.2 Å². The first-order valence-electron chi connectivity index (χ1n) is 12.3. The van der Waals surface area contributed by atoms with Crippen molar-refractivity contribution >= 4 is 54.8 Å². The van der Waals surface area contributed by atoms with E-state index in [0.717, 1.165) is 0 Å². The van der Waals surface area contributed by atoms with Gasteiger partial charge < -0.3 is 45.7 Å². The Balaban J connectivity index is 1.60. The third-order valence-corrected chi connectivity index (χ3v) is 6.50. The Labute approximate surface area is 228 Å². The van der Waals surface area contributed by atoms with Gasteiger partial charge in [-0.3, -0.25) is 24.0 Å². The number of likely N-dealkylation sites (N-methyl/N-ethyl adjacent to an activating group) is 1. The molecule has 2 aliphatic rings. The van der Waals surface area contributed by atoms with E-state index in [4.69, 9.17) is 14.4 Å². The summed E-state index contributed by atoms with van der Waals surface area (Å²) >= 11 is 0. The maximum atomic E-state index is 13.2. The summed E-state index contributed by atoms with van der Waals surface area (Å²) in [5.74, 6) is -4.52. The van der Waals surface area contributed by atoms with E-state index in [1.807, 2.05) is 0 Å². The quantitative estimate of drug-likeness (QED) is 0.144. The Morgan fingerprint density at radius 1 is 0.825 bits per heavy atom. The number of benzene rings is 2. The van der Waals surface area contributed by atoms with Crippen LogP contribution in [0.3, 0.4) is 0 Å². The fourth-order valence-corrected chi connectivity index (χ4v) is 4.32. The van der Waals surface area contributed by atoms with E-state index >= 15 is 0 Å². The predicted molar refractivity (Wildman–Crippen MR) is 140 cm³/mol. The van der Waals surface area contributed by atoms with E-state index in [0.29, 0.717) is 22.1 Å². The molecule has 0 spiro atoms. The predicted octanol–water partition coefficient (Wildman–Crippen LogP) is -3.64. The van der Waals surface area contributed by atoms with Crippen LogP contribution in [0, 0.1) is 0 Å². The lowest BCUT2D eigenvalue weighted by Crippen LogP contribution is -2.63. The summed E-state index contributed by atoms with van der Waals surface area (Å²) in [5.41, 5.74) is 2.20. The van der Waals surface area contributed by atoms with E-state index < -0.39 is 62.3 Å². The summed E-state index contributed by atoms with van der Waals surface area (Å²) < 4.78 is 10.3. The van der Waals surface area contributed by atoms with Gasteiger partial charge in [0.15, 0.2) is 0 Å². The Morgan fingerprint density at radius 2 is 1.30 bits per heavy atom. The molecule has 7 N–H and O–H groups in total. The number of carbonyl (C=O) groups is 5. The van der Waals surface area contributed by atoms with Gasteiger partial charge in [-0.2, -0.15) is 0 Å². The number of rotatable bonds is 10. The van der Waals surface area contributed by atoms with Crippen LogP contribution in [0.2, 0.25) is 0 Å². The SMILES string of the molecule is CNC(=O)C(NC(=O)c1ccc2c(c1)B(O)OC2)C(NC(=O)c1ccc2c(c1)B(O)OC2)C(=O)NCCC(=O)O. The van der Waals surface area contributed by atoms with E-state index in [-0.39, 0.29) is 30.9 Å². The Bertz CT molecular complexity index is 1360. The molecule has 0 bridgehead atoms. The molecule has 2 aromatic rings. The molecule has 2 atom stereocenters. The van der Waals surface area contributed by atoms with Gasteiger partial charge in [0.1, 0.15) is 12.1 Å². The number of aliphatic carboxylic acids is 1. The molecule has 4 amide bonds. The van der Waals surface area contributed by atoms with Crippen LogP contribution in [-0.4, -0.2) is 84.7 Å². The molecule has 2 unspecified atom stereocenters. The van der Waals surface area contributed by atoms with Gasteiger partial charge in [-0.25, -0.2) is 0 Å². The third kappa shape index (κ3) is 6.31. The summed E-state index contributed by atoms with van der Waals surface area (Å²) in [5, 5.41) is 38.5. The fourth-order valence-electron chi connectivity index (χ4n) is 4.32. The molecule has 0 saturated heterocycles. The molecule has 14 nitrogen and oxygen atoms in total. The van der Waals surface area contributed by atoms with Crippen LogP contribution >= 0.6 is 0 Å². The molecule has 2 heterocycles. The first-order valence-corrected chi connectivity index (χ1v) is 12.3. The molecule has 0 aliphatic carbocycles. The van der Waals surface area contributed by atoms with Gasteiger partial charge in [0.25, 0.3) is 11.8 Å². The topological polar surface area (TPSA) is 213 Å². The molecular formula is C24H26B2N4O10. The van der Waals surface area contributed by atoms with Crippen molar-refractivity contribution in [3.8, 4) is 0 Å². The number of carbonyl (C=O) groups excluding carboxylic acids is 4. The number of hydrogen-bond donors (Lipinski definition) is 7. The van der Waals surface area contributed by atoms with Crippen molar-refractivity contribution < 1.29 is 48.4 Å². The summed E-state index contributed by atoms with van der Waals surface area (Å²) in [6, 6.07) is 5.52. The second kappa shape index (κ2) is 12.3. The molecule has 0 radical (unpaired) electrons. The van der Waals surface area contributed by atoms with E-state index in [9.17, 15) is 34.0 Å². The van der Waals surface area contributed by atoms with Gasteiger partial charge in [-0.05, 0) is 46.3 Å². The summed E-state index contributed by atoms with van der Waals surface area (Å²) in [6.45, 7) is 0.0133. The van der Waals surface area contributed by atoms with Crippen molar-refractivity contribution in [3.05, 3.63) is 58.7 Å². The standard InChI is InChI=1S/C24H26B2N4O10/c1-27-23(35)19(29-21(33)12-2-4-14-10-39-25(37)16(14)8-12)20(24(36)28-7-6-18(31)32)30-22(34)13-3-5-15-11-40-26(38)17(15)9-13/h2-5,8-9,19-20,37-38H,6-7,10-11H2,1H3,(H,27,35)(H,28,36)(H,29,33)(H,30,34)(H,31,32). The van der Waals surface area contributed by atoms with Gasteiger partial charge in [0.2, 0.25) is 11.8 Å². The minimum atomic E-state index is -1.68. The van der Waals surface area contributed by atoms with E-state index in [1.54, 1.807) is 12.1 Å². The molecule has 16 heteroatoms. The minimum absolute atomic E-state index is 0.0428. The second-order valence-electron chi connectivity index (χ2n) is 9.11. The van der Waals surface area contributed by atoms with Crippen LogP contribution in [0.4, 0.5) is 0 Å². The van der Waals surface area contributed by atoms with Crippen LogP contribution in [0.15, 0.2) is 36.4 Å². The lowest BCUT2D eigenvalue weighted by molar-refractivity contribution is -0.137. The number of carboxylic acid groups (broad SMARTS) is 1. The zero-order valence-corrected chi connectivity index (χ0v) is 21.3. The normalized spacial score (nSPS) is 15.0. The van der Waals surface area contributed by atoms with Crippen molar-refractivity contribution in [2.75, 3.05) is 13.6 Å². The average Bonchev–Trinajstić information content (AvgIpc) is 3.50. The lowest BCUT2D eigenvalue weighted by atomic mass is 9.78. The largest absolute Gasteiger partial charge is 0.491 e. The molecule has 0 saturated carbocycles. The van der Waals surface area contributed by atoms with Crippen molar-refractivity contribution in [1.82, 2.24) is 21.3 Å². The highest BCUT2D eigenvalue weighted by Crippen LogP contribution is 2.14. The Hall–Kier alpha value is -4.24. The smallest absolute Gasteiger partial charge is 0.481 e. The van der Waals surface area contributed by atoms with Crippen LogP contribution in [0.25, 0.3) is 0 Å². The molecule has 2 aliphatic heterocycles. The molecular weight excluding hydrogens is 526 g/mol. The van der Waals surface area contributed by atoms with Crippen molar-refractivity contribution in [2.24, 2.45) is 0 Å². The Morgan fingerprint density at radius 3 is 1.75 bits per heavy atom. The summed E-state index contributed by atoms with van der Waals surface area (Å²) in [4.78, 5) is 63.3. The summed E-state index contributed by atoms with van der Waals surface area (Å²) in [6.07, 6.45) is -0.425. The van der Waals surface area contributed by atoms with Crippen molar-refractivity contribution in [3.63, 3.8) is 0 Å². The van der Waals surface area contributed by atoms with Gasteiger partial charge in [0.05, 0.1) is 19.6 Å². The molecule has 4 rings (SSSR count). The van der Waals surface area contributed by atoms with Crippen molar-refractivity contribution in [1.29, 1.82) is 0 Å². The number of amides is 4. The number of carboxylic acids is 1. The lowest BCUT2D eigenvalue weighted by Gasteiger charge is -2.27. The zero-order valence-electron chi connectivity index (χ0n) is 21.3. The highest BCUT2D eigenvalue weighted by molar-refractivity contribution is 6.62. The van der Waals surface area contributed by atoms with Gasteiger partial charge in [-0.1, -0.05) is 12.1 Å². The molecule has 40 heavy (non-hydrogen) atoms. The number of hydrogen-bond acceptors (Lipinski definition) is 9. The minimum Gasteiger partial charge on any atom is -0.481 e. The second-order valence-corrected chi connectivity index (χ2v) is 9.11. The maximum absolute atomic E-state index is 13.2. The Kier molecular flexibility index (Phi) is 8.84. The highest BCUT2D eigenvalue weighted by Gasteiger charge is 2.37. The van der Waals surface area contributed by atoms with Crippen LogP contribution in [0.5, 0.6) is 0 Å². The third-order valence-electron chi connectivity index (χ3n) is 6.50. The first kappa shape index (κ1) is 28.8. The fraction of sp³-hybridized carbons (Fsp3) is 0.292. The number of fused-ring (bicyclic) bond motifs is 2. The maximum Gasteiger partial charge on any atom is 0.491 e. The van der Waals surface area contributed by atoms with E-state index in [1.165, 1.54) is 31.3 Å². The zero-order chi connectivity index (χ0) is 29.0. The average molecular weight is 552 g/mol. The van der Waals surface area contributed by atoms with Crippen LogP contribution in [-0.2, 0) is 36.9 Å². The van der Waals surface area contributed by atoms with Gasteiger partial charge in [-0.15, -0.1) is 0 Å². The molecule has 2 aromatic carbocycles. The first-order chi connectivity index (χ1) is 19.1. The van der Waals surface area contributed by atoms with E-state index in [2.05, 4.69) is 21.3 Å². The van der Waals surface area contributed by atoms with Gasteiger partial charge in [0, 0.05) is 24.7 Å². The van der Waals surface area contributed by atoms with Crippen molar-refractivity contribution in [2.45, 2.75) is 31.7 Å². The molecule has 0 aromatic heterocycles. The highest BCUT2D eigenvalue weighted by atomic mass is 16.5. The van der Waals surface area contributed by atoms with Crippen LogP contribution in [0.1, 0.15) is 38.3 Å². The monoisotopic (exact) mass is 552 g/mol. The molecule has 208 valence electrons. The summed E-state index contributed by atoms with van der Waals surface area (Å²) in [7, 11) is -1.18. The van der Waals surface area contributed by atoms with Gasteiger partial charge >= 0.3 is 20.2 Å². The molecule has 0 fully saturated rings. The number of nitrogens with one attached hydrogen (secondary N) is 4.